The number of carbonyl (C=O) groups is 1. The lowest BCUT2D eigenvalue weighted by Crippen LogP contribution is -2.17. The number of anilines is 2. The first-order valence-electron chi connectivity index (χ1n) is 6.14. The minimum atomic E-state index is -0.276. The zero-order valence-corrected chi connectivity index (χ0v) is 10.6. The number of rotatable bonds is 2. The fourth-order valence-corrected chi connectivity index (χ4v) is 1.90. The van der Waals surface area contributed by atoms with E-state index in [-0.39, 0.29) is 5.91 Å². The van der Waals surface area contributed by atoms with Crippen molar-refractivity contribution in [2.24, 2.45) is 0 Å². The van der Waals surface area contributed by atoms with Gasteiger partial charge in [0.25, 0.3) is 5.91 Å². The summed E-state index contributed by atoms with van der Waals surface area (Å²) in [5.74, 6) is 0.890. The Morgan fingerprint density at radius 2 is 2.00 bits per heavy atom. The first-order chi connectivity index (χ1) is 9.74. The lowest BCUT2D eigenvalue weighted by molar-refractivity contribution is 0.102. The van der Waals surface area contributed by atoms with Crippen LogP contribution in [0.3, 0.4) is 0 Å². The number of nitrogens with zero attached hydrogens (tertiary/aromatic N) is 1. The number of ether oxygens (including phenoxy) is 2. The molecule has 1 aromatic carbocycles. The predicted octanol–water partition coefficient (Wildman–Crippen LogP) is 1.69. The number of nitrogens with two attached hydrogens (primary N) is 1. The summed E-state index contributed by atoms with van der Waals surface area (Å²) in [5.41, 5.74) is 7.28. The maximum absolute atomic E-state index is 12.1. The lowest BCUT2D eigenvalue weighted by Gasteiger charge is -2.20. The molecule has 1 amide bonds. The Labute approximate surface area is 115 Å². The first-order valence-corrected chi connectivity index (χ1v) is 6.14. The van der Waals surface area contributed by atoms with Gasteiger partial charge in [0.2, 0.25) is 0 Å². The highest BCUT2D eigenvalue weighted by molar-refractivity contribution is 6.05. The fourth-order valence-electron chi connectivity index (χ4n) is 1.90. The molecule has 0 unspecified atom stereocenters. The maximum atomic E-state index is 12.1. The summed E-state index contributed by atoms with van der Waals surface area (Å²) in [6, 6.07) is 6.68. The molecule has 0 fully saturated rings. The van der Waals surface area contributed by atoms with Gasteiger partial charge in [-0.3, -0.25) is 9.78 Å². The van der Waals surface area contributed by atoms with Crippen molar-refractivity contribution >= 4 is 17.3 Å². The third kappa shape index (κ3) is 2.35. The van der Waals surface area contributed by atoms with Crippen molar-refractivity contribution in [2.45, 2.75) is 0 Å². The molecule has 2 aromatic rings. The van der Waals surface area contributed by atoms with Gasteiger partial charge in [-0.05, 0) is 12.1 Å². The number of hydrogen-bond donors (Lipinski definition) is 2. The second kappa shape index (κ2) is 5.08. The molecule has 1 aliphatic rings. The number of pyridine rings is 1. The van der Waals surface area contributed by atoms with E-state index >= 15 is 0 Å². The number of benzene rings is 1. The number of carbonyl (C=O) groups excluding carboxylic acids is 1. The highest BCUT2D eigenvalue weighted by Crippen LogP contribution is 2.37. The van der Waals surface area contributed by atoms with Gasteiger partial charge in [-0.1, -0.05) is 0 Å². The number of hydrogen-bond acceptors (Lipinski definition) is 5. The summed E-state index contributed by atoms with van der Waals surface area (Å²) in [5, 5.41) is 2.74. The summed E-state index contributed by atoms with van der Waals surface area (Å²) in [6.07, 6.45) is 3.10. The third-order valence-corrected chi connectivity index (χ3v) is 2.89. The van der Waals surface area contributed by atoms with Crippen LogP contribution < -0.4 is 20.5 Å². The van der Waals surface area contributed by atoms with Gasteiger partial charge in [0.05, 0.1) is 16.9 Å². The van der Waals surface area contributed by atoms with Crippen LogP contribution in [0.2, 0.25) is 0 Å². The molecule has 6 nitrogen and oxygen atoms in total. The van der Waals surface area contributed by atoms with Crippen molar-refractivity contribution in [3.63, 3.8) is 0 Å². The average molecular weight is 271 g/mol. The quantitative estimate of drug-likeness (QED) is 0.812. The van der Waals surface area contributed by atoms with Gasteiger partial charge in [0, 0.05) is 24.5 Å². The molecule has 0 bridgehead atoms. The van der Waals surface area contributed by atoms with Crippen LogP contribution in [0.1, 0.15) is 10.4 Å². The molecule has 6 heteroatoms. The van der Waals surface area contributed by atoms with Gasteiger partial charge in [0.1, 0.15) is 13.2 Å². The van der Waals surface area contributed by atoms with Crippen LogP contribution in [0.25, 0.3) is 0 Å². The van der Waals surface area contributed by atoms with E-state index in [0.29, 0.717) is 41.7 Å². The van der Waals surface area contributed by atoms with Crippen LogP contribution in [-0.4, -0.2) is 24.1 Å². The molecule has 1 aliphatic heterocycles. The standard InChI is InChI=1S/C14H13N3O3/c15-10-6-12-13(20-5-4-19-12)7-11(10)17-14(18)9-2-1-3-16-8-9/h1-3,6-8H,4-5,15H2,(H,17,18). The van der Waals surface area contributed by atoms with Gasteiger partial charge >= 0.3 is 0 Å². The molecular formula is C14H13N3O3. The zero-order valence-electron chi connectivity index (χ0n) is 10.6. The van der Waals surface area contributed by atoms with Crippen molar-refractivity contribution in [3.05, 3.63) is 42.2 Å². The van der Waals surface area contributed by atoms with Gasteiger partial charge in [-0.2, -0.15) is 0 Å². The molecular weight excluding hydrogens is 258 g/mol. The molecule has 0 saturated carbocycles. The van der Waals surface area contributed by atoms with Crippen LogP contribution >= 0.6 is 0 Å². The van der Waals surface area contributed by atoms with E-state index in [1.807, 2.05) is 0 Å². The number of fused-ring (bicyclic) bond motifs is 1. The van der Waals surface area contributed by atoms with Crippen LogP contribution in [-0.2, 0) is 0 Å². The van der Waals surface area contributed by atoms with Crippen LogP contribution in [0, 0.1) is 0 Å². The maximum Gasteiger partial charge on any atom is 0.257 e. The topological polar surface area (TPSA) is 86.5 Å². The van der Waals surface area contributed by atoms with Gasteiger partial charge < -0.3 is 20.5 Å². The van der Waals surface area contributed by atoms with E-state index in [2.05, 4.69) is 10.3 Å². The van der Waals surface area contributed by atoms with Gasteiger partial charge in [-0.15, -0.1) is 0 Å². The van der Waals surface area contributed by atoms with Crippen LogP contribution in [0.5, 0.6) is 11.5 Å². The summed E-state index contributed by atoms with van der Waals surface area (Å²) < 4.78 is 10.9. The van der Waals surface area contributed by atoms with E-state index in [1.165, 1.54) is 6.20 Å². The van der Waals surface area contributed by atoms with Crippen molar-refractivity contribution in [1.82, 2.24) is 4.98 Å². The Hall–Kier alpha value is -2.76. The number of aromatic nitrogens is 1. The molecule has 0 spiro atoms. The SMILES string of the molecule is Nc1cc2c(cc1NC(=O)c1cccnc1)OCCO2. The van der Waals surface area contributed by atoms with E-state index in [9.17, 15) is 4.79 Å². The molecule has 20 heavy (non-hydrogen) atoms. The second-order valence-corrected chi connectivity index (χ2v) is 4.28. The van der Waals surface area contributed by atoms with E-state index < -0.39 is 0 Å². The summed E-state index contributed by atoms with van der Waals surface area (Å²) in [7, 11) is 0. The zero-order chi connectivity index (χ0) is 13.9. The largest absolute Gasteiger partial charge is 0.486 e. The van der Waals surface area contributed by atoms with Crippen molar-refractivity contribution in [3.8, 4) is 11.5 Å². The molecule has 2 heterocycles. The van der Waals surface area contributed by atoms with Gasteiger partial charge in [0.15, 0.2) is 11.5 Å². The van der Waals surface area contributed by atoms with E-state index in [0.717, 1.165) is 0 Å². The minimum absolute atomic E-state index is 0.276. The van der Waals surface area contributed by atoms with Gasteiger partial charge in [-0.25, -0.2) is 0 Å². The monoisotopic (exact) mass is 271 g/mol. The number of nitrogen functional groups attached to an aromatic ring is 1. The molecule has 3 rings (SSSR count). The average Bonchev–Trinajstić information content (AvgIpc) is 2.49. The normalized spacial score (nSPS) is 12.8. The van der Waals surface area contributed by atoms with Crippen LogP contribution in [0.4, 0.5) is 11.4 Å². The minimum Gasteiger partial charge on any atom is -0.486 e. The van der Waals surface area contributed by atoms with Crippen LogP contribution in [0.15, 0.2) is 36.7 Å². The van der Waals surface area contributed by atoms with E-state index in [4.69, 9.17) is 15.2 Å². The molecule has 102 valence electrons. The Morgan fingerprint density at radius 1 is 1.25 bits per heavy atom. The molecule has 0 atom stereocenters. The molecule has 3 N–H and O–H groups in total. The Kier molecular flexibility index (Phi) is 3.12. The summed E-state index contributed by atoms with van der Waals surface area (Å²) >= 11 is 0. The summed E-state index contributed by atoms with van der Waals surface area (Å²) in [6.45, 7) is 0.973. The lowest BCUT2D eigenvalue weighted by atomic mass is 10.2. The van der Waals surface area contributed by atoms with Crippen molar-refractivity contribution < 1.29 is 14.3 Å². The predicted molar refractivity (Wildman–Crippen MR) is 74.0 cm³/mol. The Bertz CT molecular complexity index is 644. The molecule has 0 radical (unpaired) electrons. The third-order valence-electron chi connectivity index (χ3n) is 2.89. The number of nitrogens with one attached hydrogen (secondary N) is 1. The van der Waals surface area contributed by atoms with Crippen molar-refractivity contribution in [1.29, 1.82) is 0 Å². The Balaban J connectivity index is 1.86. The Morgan fingerprint density at radius 3 is 2.70 bits per heavy atom. The highest BCUT2D eigenvalue weighted by atomic mass is 16.6. The molecule has 0 saturated heterocycles. The number of amides is 1. The van der Waals surface area contributed by atoms with Crippen molar-refractivity contribution in [2.75, 3.05) is 24.3 Å². The first kappa shape index (κ1) is 12.3. The summed E-state index contributed by atoms with van der Waals surface area (Å²) in [4.78, 5) is 16.0. The fraction of sp³-hybridized carbons (Fsp3) is 0.143. The molecule has 1 aromatic heterocycles. The smallest absolute Gasteiger partial charge is 0.257 e. The molecule has 0 aliphatic carbocycles. The second-order valence-electron chi connectivity index (χ2n) is 4.28. The van der Waals surface area contributed by atoms with E-state index in [1.54, 1.807) is 30.5 Å². The highest BCUT2D eigenvalue weighted by Gasteiger charge is 2.16.